The van der Waals surface area contributed by atoms with Crippen molar-refractivity contribution in [3.05, 3.63) is 70.9 Å². The molecule has 1 heterocycles. The molecule has 0 fully saturated rings. The molecule has 5 heteroatoms. The lowest BCUT2D eigenvalue weighted by atomic mass is 10.1. The van der Waals surface area contributed by atoms with Crippen molar-refractivity contribution in [3.63, 3.8) is 0 Å². The molecule has 0 spiro atoms. The minimum Gasteiger partial charge on any atom is -0.497 e. The highest BCUT2D eigenvalue weighted by Crippen LogP contribution is 2.25. The maximum Gasteiger partial charge on any atom is 0.250 e. The van der Waals surface area contributed by atoms with Gasteiger partial charge in [0, 0.05) is 22.9 Å². The summed E-state index contributed by atoms with van der Waals surface area (Å²) in [6.45, 7) is 5.24. The second kappa shape index (κ2) is 6.65. The number of methoxy groups -OCH3 is 1. The van der Waals surface area contributed by atoms with E-state index in [1.807, 2.05) is 0 Å². The molecule has 0 aliphatic rings. The molecule has 3 aromatic rings. The van der Waals surface area contributed by atoms with Crippen LogP contribution in [0.3, 0.4) is 0 Å². The van der Waals surface area contributed by atoms with Crippen LogP contribution in [0.2, 0.25) is 0 Å². The number of amides is 1. The summed E-state index contributed by atoms with van der Waals surface area (Å²) in [5.74, 6) is 0.824. The van der Waals surface area contributed by atoms with Gasteiger partial charge in [-0.2, -0.15) is 0 Å². The van der Waals surface area contributed by atoms with Crippen LogP contribution in [0.4, 0.5) is 5.69 Å². The molecule has 0 unspecified atom stereocenters. The third-order valence-corrected chi connectivity index (χ3v) is 3.75. The predicted molar refractivity (Wildman–Crippen MR) is 97.9 cm³/mol. The Labute approximate surface area is 144 Å². The van der Waals surface area contributed by atoms with Crippen molar-refractivity contribution >= 4 is 22.6 Å². The van der Waals surface area contributed by atoms with Crippen LogP contribution >= 0.6 is 0 Å². The Morgan fingerprint density at radius 3 is 2.48 bits per heavy atom. The number of ether oxygens (including phenoxy) is 1. The number of anilines is 1. The van der Waals surface area contributed by atoms with Crippen LogP contribution in [-0.2, 0) is 4.79 Å². The van der Waals surface area contributed by atoms with Gasteiger partial charge in [0.2, 0.25) is 0 Å². The summed E-state index contributed by atoms with van der Waals surface area (Å²) in [7, 11) is 1.55. The Balaban J connectivity index is 1.95. The lowest BCUT2D eigenvalue weighted by Crippen LogP contribution is -2.11. The van der Waals surface area contributed by atoms with Gasteiger partial charge in [0.1, 0.15) is 17.1 Å². The van der Waals surface area contributed by atoms with Crippen LogP contribution in [0, 0.1) is 0 Å². The molecule has 0 radical (unpaired) electrons. The highest BCUT2D eigenvalue weighted by Gasteiger charge is 2.09. The molecule has 0 aliphatic heterocycles. The van der Waals surface area contributed by atoms with E-state index in [1.165, 1.54) is 6.07 Å². The molecule has 2 aromatic carbocycles. The predicted octanol–water partition coefficient (Wildman–Crippen LogP) is 3.98. The molecule has 1 N–H and O–H groups in total. The van der Waals surface area contributed by atoms with Gasteiger partial charge in [0.05, 0.1) is 12.5 Å². The summed E-state index contributed by atoms with van der Waals surface area (Å²) in [6.07, 6.45) is 0. The van der Waals surface area contributed by atoms with Crippen molar-refractivity contribution in [2.24, 2.45) is 0 Å². The molecule has 0 atom stereocenters. The summed E-state index contributed by atoms with van der Waals surface area (Å²) in [4.78, 5) is 24.0. The smallest absolute Gasteiger partial charge is 0.250 e. The third kappa shape index (κ3) is 3.45. The highest BCUT2D eigenvalue weighted by molar-refractivity contribution is 6.02. The van der Waals surface area contributed by atoms with E-state index >= 15 is 0 Å². The Kier molecular flexibility index (Phi) is 4.39. The maximum absolute atomic E-state index is 12.3. The van der Waals surface area contributed by atoms with Gasteiger partial charge in [-0.25, -0.2) is 0 Å². The molecule has 1 aromatic heterocycles. The minimum absolute atomic E-state index is 0.144. The van der Waals surface area contributed by atoms with Gasteiger partial charge in [-0.1, -0.05) is 6.58 Å². The van der Waals surface area contributed by atoms with Crippen LogP contribution in [0.1, 0.15) is 6.92 Å². The van der Waals surface area contributed by atoms with Gasteiger partial charge in [-0.3, -0.25) is 9.59 Å². The number of fused-ring (bicyclic) bond motifs is 1. The van der Waals surface area contributed by atoms with E-state index in [0.29, 0.717) is 33.7 Å². The van der Waals surface area contributed by atoms with Crippen molar-refractivity contribution in [1.82, 2.24) is 0 Å². The van der Waals surface area contributed by atoms with Gasteiger partial charge >= 0.3 is 0 Å². The lowest BCUT2D eigenvalue weighted by molar-refractivity contribution is -0.112. The zero-order valence-electron chi connectivity index (χ0n) is 14.0. The Morgan fingerprint density at radius 2 is 1.84 bits per heavy atom. The molecule has 0 saturated heterocycles. The number of benzene rings is 2. The third-order valence-electron chi connectivity index (χ3n) is 3.75. The van der Waals surface area contributed by atoms with E-state index in [0.717, 1.165) is 5.56 Å². The summed E-state index contributed by atoms with van der Waals surface area (Å²) < 4.78 is 11.0. The first-order valence-electron chi connectivity index (χ1n) is 7.67. The average molecular weight is 335 g/mol. The molecule has 0 bridgehead atoms. The average Bonchev–Trinajstić information content (AvgIpc) is 2.62. The Morgan fingerprint density at radius 1 is 1.12 bits per heavy atom. The molecule has 0 aliphatic carbocycles. The van der Waals surface area contributed by atoms with Crippen LogP contribution in [0.15, 0.2) is 69.9 Å². The first kappa shape index (κ1) is 16.5. The fourth-order valence-corrected chi connectivity index (χ4v) is 2.36. The van der Waals surface area contributed by atoms with E-state index in [2.05, 4.69) is 11.9 Å². The molecule has 126 valence electrons. The van der Waals surface area contributed by atoms with Crippen LogP contribution < -0.4 is 15.5 Å². The summed E-state index contributed by atoms with van der Waals surface area (Å²) in [5.41, 5.74) is 2.16. The normalized spacial score (nSPS) is 10.5. The van der Waals surface area contributed by atoms with Crippen molar-refractivity contribution in [2.75, 3.05) is 12.4 Å². The van der Waals surface area contributed by atoms with Gasteiger partial charge in [0.25, 0.3) is 5.91 Å². The summed E-state index contributed by atoms with van der Waals surface area (Å²) in [5, 5.41) is 3.20. The van der Waals surface area contributed by atoms with Crippen LogP contribution in [0.25, 0.3) is 22.3 Å². The van der Waals surface area contributed by atoms with Gasteiger partial charge in [0.15, 0.2) is 5.43 Å². The lowest BCUT2D eigenvalue weighted by Gasteiger charge is -2.07. The first-order valence-corrected chi connectivity index (χ1v) is 7.67. The number of hydrogen-bond acceptors (Lipinski definition) is 4. The summed E-state index contributed by atoms with van der Waals surface area (Å²) >= 11 is 0. The molecular formula is C20H17NO4. The quantitative estimate of drug-likeness (QED) is 0.732. The second-order valence-electron chi connectivity index (χ2n) is 5.65. The summed E-state index contributed by atoms with van der Waals surface area (Å²) in [6, 6.07) is 13.6. The maximum atomic E-state index is 12.3. The van der Waals surface area contributed by atoms with Gasteiger partial charge in [-0.15, -0.1) is 0 Å². The van der Waals surface area contributed by atoms with Crippen LogP contribution in [-0.4, -0.2) is 13.0 Å². The number of hydrogen-bond donors (Lipinski definition) is 1. The van der Waals surface area contributed by atoms with Crippen LogP contribution in [0.5, 0.6) is 5.75 Å². The zero-order valence-corrected chi connectivity index (χ0v) is 14.0. The highest BCUT2D eigenvalue weighted by atomic mass is 16.5. The standard InChI is InChI=1S/C20H17NO4/c1-12(2)20(23)21-14-6-4-13(5-7-14)19-11-17(22)16-10-15(24-3)8-9-18(16)25-19/h4-11H,1H2,2-3H3,(H,21,23). The van der Waals surface area contributed by atoms with Crippen molar-refractivity contribution < 1.29 is 13.9 Å². The largest absolute Gasteiger partial charge is 0.497 e. The fourth-order valence-electron chi connectivity index (χ4n) is 2.36. The first-order chi connectivity index (χ1) is 12.0. The van der Waals surface area contributed by atoms with E-state index in [4.69, 9.17) is 9.15 Å². The Hall–Kier alpha value is -3.34. The SMILES string of the molecule is C=C(C)C(=O)Nc1ccc(-c2cc(=O)c3cc(OC)ccc3o2)cc1. The topological polar surface area (TPSA) is 68.5 Å². The Bertz CT molecular complexity index is 1020. The number of carbonyl (C=O) groups excluding carboxylic acids is 1. The van der Waals surface area contributed by atoms with Crippen molar-refractivity contribution in [3.8, 4) is 17.1 Å². The number of carbonyl (C=O) groups is 1. The molecular weight excluding hydrogens is 318 g/mol. The van der Waals surface area contributed by atoms with Crippen molar-refractivity contribution in [1.29, 1.82) is 0 Å². The van der Waals surface area contributed by atoms with Gasteiger partial charge < -0.3 is 14.5 Å². The number of nitrogens with one attached hydrogen (secondary N) is 1. The molecule has 0 saturated carbocycles. The molecule has 5 nitrogen and oxygen atoms in total. The van der Waals surface area contributed by atoms with E-state index in [9.17, 15) is 9.59 Å². The zero-order chi connectivity index (χ0) is 18.0. The second-order valence-corrected chi connectivity index (χ2v) is 5.65. The van der Waals surface area contributed by atoms with E-state index in [-0.39, 0.29) is 11.3 Å². The molecule has 1 amide bonds. The monoisotopic (exact) mass is 335 g/mol. The molecule has 25 heavy (non-hydrogen) atoms. The van der Waals surface area contributed by atoms with Gasteiger partial charge in [-0.05, 0) is 49.4 Å². The number of rotatable bonds is 4. The van der Waals surface area contributed by atoms with E-state index in [1.54, 1.807) is 56.5 Å². The molecule has 3 rings (SSSR count). The van der Waals surface area contributed by atoms with E-state index < -0.39 is 0 Å². The minimum atomic E-state index is -0.237. The fraction of sp³-hybridized carbons (Fsp3) is 0.100. The van der Waals surface area contributed by atoms with Crippen molar-refractivity contribution in [2.45, 2.75) is 6.92 Å².